The monoisotopic (exact) mass is 309 g/mol. The van der Waals surface area contributed by atoms with Gasteiger partial charge in [-0.3, -0.25) is 4.79 Å². The number of benzene rings is 1. The summed E-state index contributed by atoms with van der Waals surface area (Å²) in [5, 5.41) is 12.7. The third-order valence-electron chi connectivity index (χ3n) is 2.86. The van der Waals surface area contributed by atoms with Crippen LogP contribution in [0.2, 0.25) is 5.02 Å². The summed E-state index contributed by atoms with van der Waals surface area (Å²) in [6, 6.07) is 6.74. The number of carboxylic acid groups (broad SMARTS) is 1. The van der Waals surface area contributed by atoms with E-state index in [4.69, 9.17) is 16.7 Å². The first kappa shape index (κ1) is 14.6. The number of carbonyl (C=O) groups excluding carboxylic acids is 1. The zero-order chi connectivity index (χ0) is 14.9. The first-order chi connectivity index (χ1) is 9.40. The number of rotatable bonds is 3. The summed E-state index contributed by atoms with van der Waals surface area (Å²) in [5.74, 6) is -1.30. The molecule has 0 unspecified atom stereocenters. The average Bonchev–Trinajstić information content (AvgIpc) is 2.73. The van der Waals surface area contributed by atoms with E-state index in [2.05, 4.69) is 5.32 Å². The SMILES string of the molecule is Cc1cc(NC(=O)c2cccc(Cl)c2C)sc1C(=O)O. The lowest BCUT2D eigenvalue weighted by Gasteiger charge is -2.07. The molecule has 0 atom stereocenters. The molecule has 1 amide bonds. The van der Waals surface area contributed by atoms with Crippen LogP contribution in [0.5, 0.6) is 0 Å². The molecule has 6 heteroatoms. The minimum atomic E-state index is -0.994. The molecule has 2 N–H and O–H groups in total. The zero-order valence-corrected chi connectivity index (χ0v) is 12.4. The fourth-order valence-corrected chi connectivity index (χ4v) is 2.87. The molecule has 0 aliphatic rings. The molecular weight excluding hydrogens is 298 g/mol. The highest BCUT2D eigenvalue weighted by Crippen LogP contribution is 2.27. The van der Waals surface area contributed by atoms with Gasteiger partial charge >= 0.3 is 5.97 Å². The second-order valence-electron chi connectivity index (χ2n) is 4.29. The van der Waals surface area contributed by atoms with Gasteiger partial charge in [-0.1, -0.05) is 17.7 Å². The van der Waals surface area contributed by atoms with Crippen LogP contribution in [0.4, 0.5) is 5.00 Å². The number of hydrogen-bond acceptors (Lipinski definition) is 3. The van der Waals surface area contributed by atoms with Crippen molar-refractivity contribution in [2.45, 2.75) is 13.8 Å². The van der Waals surface area contributed by atoms with E-state index >= 15 is 0 Å². The van der Waals surface area contributed by atoms with E-state index in [1.54, 1.807) is 38.1 Å². The highest BCUT2D eigenvalue weighted by atomic mass is 35.5. The Morgan fingerprint density at radius 1 is 1.30 bits per heavy atom. The molecule has 1 aromatic carbocycles. The third kappa shape index (κ3) is 2.84. The van der Waals surface area contributed by atoms with Crippen molar-refractivity contribution in [2.24, 2.45) is 0 Å². The van der Waals surface area contributed by atoms with Crippen LogP contribution >= 0.6 is 22.9 Å². The largest absolute Gasteiger partial charge is 0.477 e. The molecule has 0 aliphatic carbocycles. The van der Waals surface area contributed by atoms with Crippen LogP contribution in [0.15, 0.2) is 24.3 Å². The first-order valence-corrected chi connectivity index (χ1v) is 6.99. The lowest BCUT2D eigenvalue weighted by molar-refractivity contribution is 0.0701. The normalized spacial score (nSPS) is 10.3. The Balaban J connectivity index is 2.26. The van der Waals surface area contributed by atoms with Crippen LogP contribution in [0, 0.1) is 13.8 Å². The van der Waals surface area contributed by atoms with Gasteiger partial charge in [0.15, 0.2) is 0 Å². The fraction of sp³-hybridized carbons (Fsp3) is 0.143. The van der Waals surface area contributed by atoms with Gasteiger partial charge in [-0.05, 0) is 43.2 Å². The van der Waals surface area contributed by atoms with E-state index in [1.165, 1.54) is 0 Å². The topological polar surface area (TPSA) is 66.4 Å². The number of amides is 1. The molecule has 104 valence electrons. The van der Waals surface area contributed by atoms with Crippen molar-refractivity contribution in [1.82, 2.24) is 0 Å². The minimum absolute atomic E-state index is 0.225. The highest BCUT2D eigenvalue weighted by Gasteiger charge is 2.16. The van der Waals surface area contributed by atoms with E-state index in [-0.39, 0.29) is 10.8 Å². The van der Waals surface area contributed by atoms with Crippen molar-refractivity contribution in [3.63, 3.8) is 0 Å². The molecule has 0 radical (unpaired) electrons. The number of aromatic carboxylic acids is 1. The molecule has 0 aliphatic heterocycles. The van der Waals surface area contributed by atoms with Gasteiger partial charge in [-0.15, -0.1) is 11.3 Å². The molecule has 20 heavy (non-hydrogen) atoms. The van der Waals surface area contributed by atoms with Crippen LogP contribution in [0.3, 0.4) is 0 Å². The van der Waals surface area contributed by atoms with E-state index in [9.17, 15) is 9.59 Å². The Morgan fingerprint density at radius 3 is 2.60 bits per heavy atom. The number of thiophene rings is 1. The summed E-state index contributed by atoms with van der Waals surface area (Å²) in [6.07, 6.45) is 0. The summed E-state index contributed by atoms with van der Waals surface area (Å²) in [7, 11) is 0. The molecule has 0 spiro atoms. The van der Waals surface area contributed by atoms with E-state index in [0.717, 1.165) is 11.3 Å². The number of aryl methyl sites for hydroxylation is 1. The summed E-state index contributed by atoms with van der Waals surface area (Å²) >= 11 is 7.01. The van der Waals surface area contributed by atoms with Gasteiger partial charge in [0, 0.05) is 10.6 Å². The van der Waals surface area contributed by atoms with Crippen LogP contribution in [-0.2, 0) is 0 Å². The Hall–Kier alpha value is -1.85. The number of nitrogens with one attached hydrogen (secondary N) is 1. The van der Waals surface area contributed by atoms with Gasteiger partial charge in [0.1, 0.15) is 4.88 Å². The second-order valence-corrected chi connectivity index (χ2v) is 5.75. The van der Waals surface area contributed by atoms with Crippen molar-refractivity contribution < 1.29 is 14.7 Å². The van der Waals surface area contributed by atoms with E-state index < -0.39 is 5.97 Å². The van der Waals surface area contributed by atoms with Crippen LogP contribution < -0.4 is 5.32 Å². The van der Waals surface area contributed by atoms with Crippen molar-refractivity contribution in [3.05, 3.63) is 50.9 Å². The number of carboxylic acids is 1. The molecular formula is C14H12ClNO3S. The molecule has 0 fully saturated rings. The quantitative estimate of drug-likeness (QED) is 0.901. The third-order valence-corrected chi connectivity index (χ3v) is 4.41. The molecule has 0 saturated carbocycles. The van der Waals surface area contributed by atoms with Crippen molar-refractivity contribution in [1.29, 1.82) is 0 Å². The summed E-state index contributed by atoms with van der Waals surface area (Å²) < 4.78 is 0. The molecule has 4 nitrogen and oxygen atoms in total. The molecule has 1 heterocycles. The Morgan fingerprint density at radius 2 is 2.00 bits per heavy atom. The van der Waals surface area contributed by atoms with Crippen molar-refractivity contribution >= 4 is 39.8 Å². The summed E-state index contributed by atoms with van der Waals surface area (Å²) in [6.45, 7) is 3.46. The van der Waals surface area contributed by atoms with Crippen LogP contribution in [-0.4, -0.2) is 17.0 Å². The number of hydrogen-bond donors (Lipinski definition) is 2. The second kappa shape index (κ2) is 5.64. The first-order valence-electron chi connectivity index (χ1n) is 5.80. The van der Waals surface area contributed by atoms with E-state index in [0.29, 0.717) is 26.7 Å². The van der Waals surface area contributed by atoms with Gasteiger partial charge in [0.2, 0.25) is 0 Å². The predicted octanol–water partition coefficient (Wildman–Crippen LogP) is 3.97. The molecule has 1 aromatic heterocycles. The summed E-state index contributed by atoms with van der Waals surface area (Å²) in [4.78, 5) is 23.4. The maximum atomic E-state index is 12.2. The van der Waals surface area contributed by atoms with Crippen LogP contribution in [0.25, 0.3) is 0 Å². The minimum Gasteiger partial charge on any atom is -0.477 e. The van der Waals surface area contributed by atoms with Crippen molar-refractivity contribution in [2.75, 3.05) is 5.32 Å². The van der Waals surface area contributed by atoms with Gasteiger partial charge in [0.25, 0.3) is 5.91 Å². The maximum Gasteiger partial charge on any atom is 0.346 e. The van der Waals surface area contributed by atoms with E-state index in [1.807, 2.05) is 0 Å². The Kier molecular flexibility index (Phi) is 4.11. The van der Waals surface area contributed by atoms with Gasteiger partial charge < -0.3 is 10.4 Å². The number of anilines is 1. The Bertz CT molecular complexity index is 694. The van der Waals surface area contributed by atoms with Gasteiger partial charge in [-0.2, -0.15) is 0 Å². The average molecular weight is 310 g/mol. The molecule has 0 saturated heterocycles. The lowest BCUT2D eigenvalue weighted by atomic mass is 10.1. The Labute approximate surface area is 125 Å². The molecule has 2 rings (SSSR count). The van der Waals surface area contributed by atoms with Crippen molar-refractivity contribution in [3.8, 4) is 0 Å². The zero-order valence-electron chi connectivity index (χ0n) is 10.9. The number of halogens is 1. The summed E-state index contributed by atoms with van der Waals surface area (Å²) in [5.41, 5.74) is 1.79. The molecule has 2 aromatic rings. The predicted molar refractivity (Wildman–Crippen MR) is 80.2 cm³/mol. The van der Waals surface area contributed by atoms with Gasteiger partial charge in [-0.25, -0.2) is 4.79 Å². The van der Waals surface area contributed by atoms with Crippen LogP contribution in [0.1, 0.15) is 31.2 Å². The fourth-order valence-electron chi connectivity index (χ4n) is 1.79. The number of carbonyl (C=O) groups is 2. The smallest absolute Gasteiger partial charge is 0.346 e. The lowest BCUT2D eigenvalue weighted by Crippen LogP contribution is -2.12. The maximum absolute atomic E-state index is 12.2. The highest BCUT2D eigenvalue weighted by molar-refractivity contribution is 7.18. The van der Waals surface area contributed by atoms with Gasteiger partial charge in [0.05, 0.1) is 5.00 Å². The standard InChI is InChI=1S/C14H12ClNO3S/c1-7-6-11(20-12(7)14(18)19)16-13(17)9-4-3-5-10(15)8(9)2/h3-6H,1-2H3,(H,16,17)(H,18,19). The molecule has 0 bridgehead atoms.